The van der Waals surface area contributed by atoms with Crippen molar-refractivity contribution < 1.29 is 4.79 Å². The number of aromatic nitrogens is 2. The third-order valence-corrected chi connectivity index (χ3v) is 4.10. The molecule has 0 saturated heterocycles. The average molecular weight is 297 g/mol. The summed E-state index contributed by atoms with van der Waals surface area (Å²) >= 11 is 0. The molecule has 1 fully saturated rings. The van der Waals surface area contributed by atoms with Gasteiger partial charge in [-0.15, -0.1) is 0 Å². The Kier molecular flexibility index (Phi) is 4.88. The van der Waals surface area contributed by atoms with Crippen molar-refractivity contribution in [2.24, 2.45) is 5.92 Å². The number of rotatable bonds is 8. The number of nitrogens with one attached hydrogen (secondary N) is 1. The number of hydrogen-bond acceptors (Lipinski definition) is 2. The van der Waals surface area contributed by atoms with Gasteiger partial charge in [0, 0.05) is 31.3 Å². The van der Waals surface area contributed by atoms with Crippen LogP contribution in [0.3, 0.4) is 0 Å². The lowest BCUT2D eigenvalue weighted by atomic mass is 10.1. The van der Waals surface area contributed by atoms with Gasteiger partial charge in [-0.25, -0.2) is 0 Å². The predicted octanol–water partition coefficient (Wildman–Crippen LogP) is 3.25. The SMILES string of the molecule is O=C(CCCn1cc(-c2ccccc2)cn1)NCCC1CC1. The van der Waals surface area contributed by atoms with Crippen LogP contribution >= 0.6 is 0 Å². The lowest BCUT2D eigenvalue weighted by Gasteiger charge is -2.04. The lowest BCUT2D eigenvalue weighted by molar-refractivity contribution is -0.121. The molecule has 1 saturated carbocycles. The highest BCUT2D eigenvalue weighted by Gasteiger charge is 2.20. The molecule has 1 aliphatic carbocycles. The van der Waals surface area contributed by atoms with Crippen LogP contribution in [0, 0.1) is 5.92 Å². The first-order valence-electron chi connectivity index (χ1n) is 8.16. The molecule has 0 aliphatic heterocycles. The topological polar surface area (TPSA) is 46.9 Å². The Bertz CT molecular complexity index is 602. The third kappa shape index (κ3) is 4.45. The molecule has 1 aliphatic rings. The van der Waals surface area contributed by atoms with Crippen molar-refractivity contribution in [2.45, 2.75) is 38.6 Å². The maximum atomic E-state index is 11.7. The second-order valence-electron chi connectivity index (χ2n) is 6.04. The van der Waals surface area contributed by atoms with Gasteiger partial charge in [0.15, 0.2) is 0 Å². The second-order valence-corrected chi connectivity index (χ2v) is 6.04. The Balaban J connectivity index is 1.38. The number of benzene rings is 1. The summed E-state index contributed by atoms with van der Waals surface area (Å²) in [5.41, 5.74) is 2.29. The summed E-state index contributed by atoms with van der Waals surface area (Å²) in [5.74, 6) is 1.04. The van der Waals surface area contributed by atoms with Crippen molar-refractivity contribution in [3.63, 3.8) is 0 Å². The van der Waals surface area contributed by atoms with E-state index in [1.165, 1.54) is 18.4 Å². The summed E-state index contributed by atoms with van der Waals surface area (Å²) in [5, 5.41) is 7.37. The van der Waals surface area contributed by atoms with Gasteiger partial charge in [0.25, 0.3) is 0 Å². The molecule has 0 bridgehead atoms. The zero-order valence-corrected chi connectivity index (χ0v) is 12.9. The van der Waals surface area contributed by atoms with E-state index >= 15 is 0 Å². The molecule has 2 aromatic rings. The zero-order chi connectivity index (χ0) is 15.2. The molecular formula is C18H23N3O. The van der Waals surface area contributed by atoms with Crippen LogP contribution < -0.4 is 5.32 Å². The van der Waals surface area contributed by atoms with E-state index in [1.54, 1.807) is 0 Å². The Labute approximate surface area is 131 Å². The van der Waals surface area contributed by atoms with Gasteiger partial charge in [0.2, 0.25) is 5.91 Å². The summed E-state index contributed by atoms with van der Waals surface area (Å²) in [6.45, 7) is 1.62. The number of aryl methyl sites for hydroxylation is 1. The van der Waals surface area contributed by atoms with Gasteiger partial charge in [-0.2, -0.15) is 5.10 Å². The van der Waals surface area contributed by atoms with Gasteiger partial charge >= 0.3 is 0 Å². The van der Waals surface area contributed by atoms with Crippen LogP contribution in [0.2, 0.25) is 0 Å². The van der Waals surface area contributed by atoms with Crippen molar-refractivity contribution in [3.8, 4) is 11.1 Å². The quantitative estimate of drug-likeness (QED) is 0.813. The Morgan fingerprint density at radius 3 is 2.82 bits per heavy atom. The number of nitrogens with zero attached hydrogens (tertiary/aromatic N) is 2. The van der Waals surface area contributed by atoms with E-state index in [-0.39, 0.29) is 5.91 Å². The monoisotopic (exact) mass is 297 g/mol. The molecule has 0 spiro atoms. The van der Waals surface area contributed by atoms with Gasteiger partial charge in [-0.05, 0) is 24.3 Å². The van der Waals surface area contributed by atoms with Crippen molar-refractivity contribution in [1.82, 2.24) is 15.1 Å². The molecule has 1 heterocycles. The minimum Gasteiger partial charge on any atom is -0.356 e. The predicted molar refractivity (Wildman–Crippen MR) is 87.2 cm³/mol. The van der Waals surface area contributed by atoms with Crippen molar-refractivity contribution in [2.75, 3.05) is 6.54 Å². The number of carbonyl (C=O) groups is 1. The molecular weight excluding hydrogens is 274 g/mol. The van der Waals surface area contributed by atoms with Crippen LogP contribution in [-0.2, 0) is 11.3 Å². The third-order valence-electron chi connectivity index (χ3n) is 4.10. The van der Waals surface area contributed by atoms with Crippen molar-refractivity contribution in [3.05, 3.63) is 42.7 Å². The van der Waals surface area contributed by atoms with Crippen LogP contribution in [0.4, 0.5) is 0 Å². The molecule has 0 radical (unpaired) electrons. The highest BCUT2D eigenvalue weighted by molar-refractivity contribution is 5.75. The molecule has 4 heteroatoms. The number of hydrogen-bond donors (Lipinski definition) is 1. The van der Waals surface area contributed by atoms with E-state index in [0.717, 1.165) is 37.4 Å². The van der Waals surface area contributed by atoms with Gasteiger partial charge in [0.05, 0.1) is 6.20 Å². The number of amides is 1. The molecule has 22 heavy (non-hydrogen) atoms. The standard InChI is InChI=1S/C18H23N3O/c22-18(19-11-10-15-8-9-15)7-4-12-21-14-17(13-20-21)16-5-2-1-3-6-16/h1-3,5-6,13-15H,4,7-12H2,(H,19,22). The fraction of sp³-hybridized carbons (Fsp3) is 0.444. The van der Waals surface area contributed by atoms with E-state index in [9.17, 15) is 4.79 Å². The zero-order valence-electron chi connectivity index (χ0n) is 12.9. The van der Waals surface area contributed by atoms with Crippen molar-refractivity contribution in [1.29, 1.82) is 0 Å². The highest BCUT2D eigenvalue weighted by atomic mass is 16.1. The first-order valence-corrected chi connectivity index (χ1v) is 8.16. The summed E-state index contributed by atoms with van der Waals surface area (Å²) in [6.07, 6.45) is 9.16. The smallest absolute Gasteiger partial charge is 0.220 e. The van der Waals surface area contributed by atoms with E-state index < -0.39 is 0 Å². The summed E-state index contributed by atoms with van der Waals surface area (Å²) in [6, 6.07) is 10.2. The first kappa shape index (κ1) is 14.8. The van der Waals surface area contributed by atoms with Crippen LogP contribution in [-0.4, -0.2) is 22.2 Å². The van der Waals surface area contributed by atoms with E-state index in [1.807, 2.05) is 35.3 Å². The molecule has 1 aromatic heterocycles. The maximum Gasteiger partial charge on any atom is 0.220 e. The van der Waals surface area contributed by atoms with Gasteiger partial charge in [-0.3, -0.25) is 9.48 Å². The summed E-state index contributed by atoms with van der Waals surface area (Å²) < 4.78 is 1.92. The summed E-state index contributed by atoms with van der Waals surface area (Å²) in [7, 11) is 0. The summed E-state index contributed by atoms with van der Waals surface area (Å²) in [4.78, 5) is 11.7. The maximum absolute atomic E-state index is 11.7. The fourth-order valence-electron chi connectivity index (χ4n) is 2.58. The molecule has 1 aromatic carbocycles. The Morgan fingerprint density at radius 1 is 1.23 bits per heavy atom. The number of carbonyl (C=O) groups excluding carboxylic acids is 1. The first-order chi connectivity index (χ1) is 10.8. The average Bonchev–Trinajstić information content (AvgIpc) is 3.24. The Hall–Kier alpha value is -2.10. The van der Waals surface area contributed by atoms with E-state index in [2.05, 4.69) is 22.5 Å². The molecule has 0 atom stereocenters. The molecule has 4 nitrogen and oxygen atoms in total. The normalized spacial score (nSPS) is 14.0. The van der Waals surface area contributed by atoms with E-state index in [4.69, 9.17) is 0 Å². The highest BCUT2D eigenvalue weighted by Crippen LogP contribution is 2.31. The minimum absolute atomic E-state index is 0.163. The fourth-order valence-corrected chi connectivity index (χ4v) is 2.58. The van der Waals surface area contributed by atoms with Gasteiger partial charge < -0.3 is 5.32 Å². The van der Waals surface area contributed by atoms with Gasteiger partial charge in [-0.1, -0.05) is 43.2 Å². The Morgan fingerprint density at radius 2 is 2.05 bits per heavy atom. The minimum atomic E-state index is 0.163. The van der Waals surface area contributed by atoms with Gasteiger partial charge in [0.1, 0.15) is 0 Å². The second kappa shape index (κ2) is 7.25. The van der Waals surface area contributed by atoms with Crippen molar-refractivity contribution >= 4 is 5.91 Å². The lowest BCUT2D eigenvalue weighted by Crippen LogP contribution is -2.24. The van der Waals surface area contributed by atoms with Crippen LogP contribution in [0.1, 0.15) is 32.1 Å². The molecule has 3 rings (SSSR count). The molecule has 1 N–H and O–H groups in total. The van der Waals surface area contributed by atoms with Crippen LogP contribution in [0.5, 0.6) is 0 Å². The van der Waals surface area contributed by atoms with E-state index in [0.29, 0.717) is 6.42 Å². The molecule has 116 valence electrons. The molecule has 0 unspecified atom stereocenters. The largest absolute Gasteiger partial charge is 0.356 e. The molecule has 1 amide bonds. The van der Waals surface area contributed by atoms with Crippen LogP contribution in [0.15, 0.2) is 42.7 Å². The van der Waals surface area contributed by atoms with Crippen LogP contribution in [0.25, 0.3) is 11.1 Å².